The molecule has 3 rings (SSSR count). The minimum Gasteiger partial charge on any atom is -0.480 e. The predicted molar refractivity (Wildman–Crippen MR) is 161 cm³/mol. The van der Waals surface area contributed by atoms with Crippen LogP contribution in [0.3, 0.4) is 0 Å². The summed E-state index contributed by atoms with van der Waals surface area (Å²) in [5.74, 6) is -1.44. The molecule has 0 saturated carbocycles. The first-order chi connectivity index (χ1) is 19.3. The molecule has 0 aliphatic heterocycles. The van der Waals surface area contributed by atoms with Crippen LogP contribution in [0.5, 0.6) is 0 Å². The van der Waals surface area contributed by atoms with Crippen molar-refractivity contribution in [2.45, 2.75) is 86.2 Å². The van der Waals surface area contributed by atoms with Gasteiger partial charge in [0.1, 0.15) is 5.25 Å². The number of carboxylic acid groups (broad SMARTS) is 1. The smallest absolute Gasteiger partial charge is 0.316 e. The van der Waals surface area contributed by atoms with E-state index in [9.17, 15) is 23.1 Å². The van der Waals surface area contributed by atoms with Crippen molar-refractivity contribution in [2.75, 3.05) is 0 Å². The van der Waals surface area contributed by atoms with Crippen LogP contribution in [0.15, 0.2) is 88.7 Å². The molecule has 1 unspecified atom stereocenters. The van der Waals surface area contributed by atoms with Gasteiger partial charge in [0.05, 0.1) is 4.90 Å². The summed E-state index contributed by atoms with van der Waals surface area (Å²) >= 11 is 1.31. The van der Waals surface area contributed by atoms with Crippen LogP contribution in [0.25, 0.3) is 0 Å². The average molecular weight is 582 g/mol. The van der Waals surface area contributed by atoms with Crippen LogP contribution in [0, 0.1) is 0 Å². The fourth-order valence-corrected chi connectivity index (χ4v) is 6.62. The highest BCUT2D eigenvalue weighted by atomic mass is 32.2. The van der Waals surface area contributed by atoms with Gasteiger partial charge in [0.15, 0.2) is 0 Å². The largest absolute Gasteiger partial charge is 0.480 e. The number of carbonyl (C=O) groups excluding carboxylic acids is 1. The number of aryl methyl sites for hydroxylation is 2. The van der Waals surface area contributed by atoms with Gasteiger partial charge < -0.3 is 5.11 Å². The van der Waals surface area contributed by atoms with Crippen molar-refractivity contribution in [3.63, 3.8) is 0 Å². The maximum Gasteiger partial charge on any atom is 0.316 e. The molecule has 0 saturated heterocycles. The van der Waals surface area contributed by atoms with Crippen LogP contribution in [0.2, 0.25) is 0 Å². The van der Waals surface area contributed by atoms with E-state index in [1.165, 1.54) is 48.7 Å². The van der Waals surface area contributed by atoms with Crippen molar-refractivity contribution in [1.82, 2.24) is 4.72 Å². The molecule has 0 aromatic heterocycles. The van der Waals surface area contributed by atoms with Gasteiger partial charge in [0.25, 0.3) is 10.0 Å². The lowest BCUT2D eigenvalue weighted by Crippen LogP contribution is -2.30. The molecule has 1 amide bonds. The summed E-state index contributed by atoms with van der Waals surface area (Å²) in [6, 6.07) is 24.1. The third-order valence-corrected chi connectivity index (χ3v) is 9.37. The third kappa shape index (κ3) is 10.5. The summed E-state index contributed by atoms with van der Waals surface area (Å²) in [5.41, 5.74) is 3.40. The first-order valence-corrected chi connectivity index (χ1v) is 16.3. The maximum atomic E-state index is 12.6. The number of hydrogen-bond acceptors (Lipinski definition) is 5. The Hall–Kier alpha value is -3.10. The number of unbranched alkanes of at least 4 members (excludes halogenated alkanes) is 5. The Labute approximate surface area is 242 Å². The Morgan fingerprint density at radius 3 is 2.02 bits per heavy atom. The Morgan fingerprint density at radius 1 is 0.775 bits per heavy atom. The van der Waals surface area contributed by atoms with Gasteiger partial charge in [-0.15, -0.1) is 11.8 Å². The number of benzene rings is 3. The zero-order chi connectivity index (χ0) is 28.8. The number of amides is 1. The van der Waals surface area contributed by atoms with E-state index in [0.29, 0.717) is 6.42 Å². The summed E-state index contributed by atoms with van der Waals surface area (Å²) in [4.78, 5) is 25.0. The summed E-state index contributed by atoms with van der Waals surface area (Å²) in [6.07, 6.45) is 9.05. The zero-order valence-electron chi connectivity index (χ0n) is 23.1. The SMILES string of the molecule is CC(Sc1cccc(CCC(=O)NS(=O)(=O)c2ccccc2)c1CCCCCCCCc1ccccc1)C(=O)O. The molecule has 1 atom stereocenters. The quantitative estimate of drug-likeness (QED) is 0.134. The van der Waals surface area contributed by atoms with Gasteiger partial charge in [-0.2, -0.15) is 0 Å². The minimum absolute atomic E-state index is 0.0169. The van der Waals surface area contributed by atoms with Crippen molar-refractivity contribution < 1.29 is 23.1 Å². The minimum atomic E-state index is -3.92. The summed E-state index contributed by atoms with van der Waals surface area (Å²) in [7, 11) is -3.92. The van der Waals surface area contributed by atoms with E-state index in [1.54, 1.807) is 25.1 Å². The second kappa shape index (κ2) is 16.2. The number of rotatable bonds is 17. The molecule has 214 valence electrons. The predicted octanol–water partition coefficient (Wildman–Crippen LogP) is 6.82. The second-order valence-corrected chi connectivity index (χ2v) is 13.0. The molecule has 6 nitrogen and oxygen atoms in total. The third-order valence-electron chi connectivity index (χ3n) is 6.79. The highest BCUT2D eigenvalue weighted by molar-refractivity contribution is 8.00. The van der Waals surface area contributed by atoms with E-state index < -0.39 is 27.1 Å². The monoisotopic (exact) mass is 581 g/mol. The summed E-state index contributed by atoms with van der Waals surface area (Å²) in [5, 5.41) is 8.84. The maximum absolute atomic E-state index is 12.6. The van der Waals surface area contributed by atoms with Gasteiger partial charge in [0, 0.05) is 11.3 Å². The van der Waals surface area contributed by atoms with Crippen molar-refractivity contribution in [1.29, 1.82) is 0 Å². The topological polar surface area (TPSA) is 101 Å². The number of carbonyl (C=O) groups is 2. The fraction of sp³-hybridized carbons (Fsp3) is 0.375. The second-order valence-electron chi connectivity index (χ2n) is 9.94. The van der Waals surface area contributed by atoms with E-state index in [-0.39, 0.29) is 11.3 Å². The van der Waals surface area contributed by atoms with E-state index in [0.717, 1.165) is 48.1 Å². The highest BCUT2D eigenvalue weighted by Gasteiger charge is 2.19. The van der Waals surface area contributed by atoms with Gasteiger partial charge in [0.2, 0.25) is 5.91 Å². The van der Waals surface area contributed by atoms with Crippen molar-refractivity contribution in [2.24, 2.45) is 0 Å². The lowest BCUT2D eigenvalue weighted by Gasteiger charge is -2.16. The molecule has 8 heteroatoms. The molecule has 0 aliphatic carbocycles. The van der Waals surface area contributed by atoms with E-state index in [2.05, 4.69) is 29.0 Å². The van der Waals surface area contributed by atoms with Gasteiger partial charge in [-0.05, 0) is 73.9 Å². The van der Waals surface area contributed by atoms with Gasteiger partial charge in [-0.1, -0.05) is 86.3 Å². The van der Waals surface area contributed by atoms with Gasteiger partial charge in [-0.25, -0.2) is 13.1 Å². The lowest BCUT2D eigenvalue weighted by molar-refractivity contribution is -0.136. The average Bonchev–Trinajstić information content (AvgIpc) is 2.95. The summed E-state index contributed by atoms with van der Waals surface area (Å²) in [6.45, 7) is 1.67. The molecule has 2 N–H and O–H groups in total. The summed E-state index contributed by atoms with van der Waals surface area (Å²) < 4.78 is 27.2. The normalized spacial score (nSPS) is 12.1. The van der Waals surface area contributed by atoms with Gasteiger partial charge in [-0.3, -0.25) is 9.59 Å². The molecule has 0 bridgehead atoms. The molecule has 0 heterocycles. The molecule has 3 aromatic carbocycles. The number of nitrogens with one attached hydrogen (secondary N) is 1. The Balaban J connectivity index is 1.55. The molecule has 3 aromatic rings. The van der Waals surface area contributed by atoms with Crippen LogP contribution in [-0.4, -0.2) is 30.7 Å². The fourth-order valence-electron chi connectivity index (χ4n) is 4.57. The van der Waals surface area contributed by atoms with Crippen LogP contribution < -0.4 is 4.72 Å². The number of carboxylic acids is 1. The van der Waals surface area contributed by atoms with Crippen LogP contribution in [-0.2, 0) is 38.9 Å². The molecular weight excluding hydrogens is 542 g/mol. The molecule has 0 aliphatic rings. The molecule has 0 radical (unpaired) electrons. The van der Waals surface area contributed by atoms with Crippen molar-refractivity contribution >= 4 is 33.7 Å². The standard InChI is InChI=1S/C32H39NO5S2/c1-25(32(35)36)39-30-22-14-18-27(23-24-31(34)33-40(37,38)28-19-11-7-12-20-28)29(30)21-13-5-3-2-4-8-15-26-16-9-6-10-17-26/h6-7,9-12,14,16-20,22,25H,2-5,8,13,15,21,23-24H2,1H3,(H,33,34)(H,35,36). The Kier molecular flexibility index (Phi) is 12.8. The zero-order valence-corrected chi connectivity index (χ0v) is 24.7. The molecular formula is C32H39NO5S2. The van der Waals surface area contributed by atoms with Gasteiger partial charge >= 0.3 is 5.97 Å². The Morgan fingerprint density at radius 2 is 1.38 bits per heavy atom. The van der Waals surface area contributed by atoms with E-state index in [1.807, 2.05) is 24.3 Å². The first kappa shape index (κ1) is 31.4. The number of aliphatic carboxylic acids is 1. The van der Waals surface area contributed by atoms with E-state index >= 15 is 0 Å². The van der Waals surface area contributed by atoms with Crippen LogP contribution in [0.1, 0.15) is 68.6 Å². The highest BCUT2D eigenvalue weighted by Crippen LogP contribution is 2.31. The number of thioether (sulfide) groups is 1. The first-order valence-electron chi connectivity index (χ1n) is 13.9. The Bertz CT molecular complexity index is 1330. The van der Waals surface area contributed by atoms with Crippen molar-refractivity contribution in [3.8, 4) is 0 Å². The lowest BCUT2D eigenvalue weighted by atomic mass is 9.97. The molecule has 0 fully saturated rings. The van der Waals surface area contributed by atoms with E-state index in [4.69, 9.17) is 0 Å². The van der Waals surface area contributed by atoms with Crippen LogP contribution in [0.4, 0.5) is 0 Å². The molecule has 40 heavy (non-hydrogen) atoms. The number of hydrogen-bond donors (Lipinski definition) is 2. The van der Waals surface area contributed by atoms with Crippen molar-refractivity contribution in [3.05, 3.63) is 95.6 Å². The van der Waals surface area contributed by atoms with Crippen LogP contribution >= 0.6 is 11.8 Å². The number of sulfonamides is 1. The molecule has 0 spiro atoms.